The van der Waals surface area contributed by atoms with Crippen LogP contribution in [0.15, 0.2) is 23.3 Å². The topological polar surface area (TPSA) is 76.0 Å². The van der Waals surface area contributed by atoms with Gasteiger partial charge in [-0.15, -0.1) is 11.3 Å². The van der Waals surface area contributed by atoms with E-state index >= 15 is 0 Å². The molecule has 0 bridgehead atoms. The first-order valence-corrected chi connectivity index (χ1v) is 9.01. The van der Waals surface area contributed by atoms with Crippen LogP contribution in [0.2, 0.25) is 0 Å². The molecule has 0 spiro atoms. The number of anilines is 1. The number of aromatic nitrogens is 2. The van der Waals surface area contributed by atoms with E-state index in [9.17, 15) is 9.59 Å². The summed E-state index contributed by atoms with van der Waals surface area (Å²) >= 11 is 1.39. The summed E-state index contributed by atoms with van der Waals surface area (Å²) < 4.78 is 1.66. The molecular weight excluding hydrogens is 324 g/mol. The Labute approximate surface area is 144 Å². The highest BCUT2D eigenvalue weighted by Gasteiger charge is 2.19. The summed E-state index contributed by atoms with van der Waals surface area (Å²) in [5.74, 6) is 0.0413. The number of carbonyl (C=O) groups is 1. The molecule has 2 aromatic rings. The maximum Gasteiger partial charge on any atom is 0.263 e. The Hall–Kier alpha value is -1.99. The van der Waals surface area contributed by atoms with E-state index in [0.29, 0.717) is 23.2 Å². The van der Waals surface area contributed by atoms with Gasteiger partial charge in [-0.2, -0.15) is 0 Å². The maximum absolute atomic E-state index is 12.8. The second-order valence-corrected chi connectivity index (χ2v) is 7.51. The number of rotatable bonds is 4. The molecular formula is C17H22N4O2S. The molecule has 2 N–H and O–H groups in total. The van der Waals surface area contributed by atoms with Crippen molar-refractivity contribution in [3.05, 3.63) is 44.8 Å². The van der Waals surface area contributed by atoms with E-state index in [1.54, 1.807) is 23.9 Å². The van der Waals surface area contributed by atoms with Gasteiger partial charge in [-0.3, -0.25) is 14.9 Å². The highest BCUT2D eigenvalue weighted by atomic mass is 32.1. The van der Waals surface area contributed by atoms with E-state index in [1.807, 2.05) is 13.0 Å². The molecule has 0 saturated carbocycles. The molecule has 7 heteroatoms. The number of hydrogen-bond acceptors (Lipinski definition) is 5. The van der Waals surface area contributed by atoms with E-state index in [1.165, 1.54) is 11.3 Å². The molecule has 6 nitrogen and oxygen atoms in total. The molecule has 24 heavy (non-hydrogen) atoms. The zero-order valence-corrected chi connectivity index (χ0v) is 14.8. The van der Waals surface area contributed by atoms with Crippen molar-refractivity contribution in [1.82, 2.24) is 14.9 Å². The van der Waals surface area contributed by atoms with Gasteiger partial charge in [0.25, 0.3) is 11.5 Å². The molecule has 1 fully saturated rings. The van der Waals surface area contributed by atoms with Crippen LogP contribution in [0.1, 0.15) is 33.6 Å². The number of aryl methyl sites for hydroxylation is 2. The normalized spacial score (nSPS) is 17.7. The summed E-state index contributed by atoms with van der Waals surface area (Å²) in [6, 6.07) is 1.83. The van der Waals surface area contributed by atoms with Gasteiger partial charge in [0.15, 0.2) is 5.13 Å². The molecule has 0 aliphatic carbocycles. The zero-order valence-electron chi connectivity index (χ0n) is 14.0. The molecule has 1 atom stereocenters. The molecule has 3 rings (SSSR count). The first-order valence-electron chi connectivity index (χ1n) is 8.19. The van der Waals surface area contributed by atoms with Gasteiger partial charge in [0.05, 0.1) is 0 Å². The van der Waals surface area contributed by atoms with Gasteiger partial charge in [0.2, 0.25) is 0 Å². The summed E-state index contributed by atoms with van der Waals surface area (Å²) in [5, 5.41) is 6.61. The van der Waals surface area contributed by atoms with E-state index in [-0.39, 0.29) is 17.0 Å². The van der Waals surface area contributed by atoms with Crippen LogP contribution >= 0.6 is 11.3 Å². The van der Waals surface area contributed by atoms with Crippen LogP contribution in [-0.2, 0) is 6.54 Å². The largest absolute Gasteiger partial charge is 0.316 e. The summed E-state index contributed by atoms with van der Waals surface area (Å²) in [7, 11) is 0. The smallest absolute Gasteiger partial charge is 0.263 e. The van der Waals surface area contributed by atoms with E-state index in [4.69, 9.17) is 0 Å². The molecule has 1 aliphatic rings. The van der Waals surface area contributed by atoms with Gasteiger partial charge in [0, 0.05) is 23.8 Å². The Morgan fingerprint density at radius 2 is 2.33 bits per heavy atom. The van der Waals surface area contributed by atoms with E-state index < -0.39 is 0 Å². The fourth-order valence-electron chi connectivity index (χ4n) is 3.02. The van der Waals surface area contributed by atoms with Crippen molar-refractivity contribution in [1.29, 1.82) is 0 Å². The van der Waals surface area contributed by atoms with Crippen LogP contribution in [0.5, 0.6) is 0 Å². The van der Waals surface area contributed by atoms with Gasteiger partial charge in [-0.1, -0.05) is 0 Å². The summed E-state index contributed by atoms with van der Waals surface area (Å²) in [4.78, 5) is 30.4. The zero-order chi connectivity index (χ0) is 17.1. The molecule has 3 heterocycles. The van der Waals surface area contributed by atoms with Crippen LogP contribution in [0, 0.1) is 19.8 Å². The predicted octanol–water partition coefficient (Wildman–Crippen LogP) is 2.17. The Balaban J connectivity index is 1.82. The van der Waals surface area contributed by atoms with Crippen LogP contribution in [0.25, 0.3) is 0 Å². The second-order valence-electron chi connectivity index (χ2n) is 6.27. The minimum Gasteiger partial charge on any atom is -0.316 e. The molecule has 1 aliphatic heterocycles. The van der Waals surface area contributed by atoms with Crippen molar-refractivity contribution in [2.45, 2.75) is 33.2 Å². The molecule has 128 valence electrons. The van der Waals surface area contributed by atoms with Gasteiger partial charge < -0.3 is 9.88 Å². The Morgan fingerprint density at radius 3 is 3.00 bits per heavy atom. The number of hydrogen-bond donors (Lipinski definition) is 2. The lowest BCUT2D eigenvalue weighted by Crippen LogP contribution is -2.36. The summed E-state index contributed by atoms with van der Waals surface area (Å²) in [6.07, 6.45) is 5.72. The Bertz CT molecular complexity index is 790. The SMILES string of the molecule is Cc1cnc(NC(=O)c2c(C)ccn(CC3CCCNC3)c2=O)s1. The fourth-order valence-corrected chi connectivity index (χ4v) is 3.67. The number of carbonyl (C=O) groups excluding carboxylic acids is 1. The molecule has 1 unspecified atom stereocenters. The van der Waals surface area contributed by atoms with Crippen molar-refractivity contribution in [2.75, 3.05) is 18.4 Å². The Kier molecular flexibility index (Phi) is 5.11. The highest BCUT2D eigenvalue weighted by molar-refractivity contribution is 7.15. The van der Waals surface area contributed by atoms with Crippen molar-refractivity contribution >= 4 is 22.4 Å². The minimum absolute atomic E-state index is 0.203. The number of nitrogens with one attached hydrogen (secondary N) is 2. The quantitative estimate of drug-likeness (QED) is 0.890. The average Bonchev–Trinajstić information content (AvgIpc) is 2.96. The molecule has 0 aromatic carbocycles. The third kappa shape index (κ3) is 3.73. The fraction of sp³-hybridized carbons (Fsp3) is 0.471. The van der Waals surface area contributed by atoms with Gasteiger partial charge in [-0.05, 0) is 57.3 Å². The van der Waals surface area contributed by atoms with Gasteiger partial charge in [-0.25, -0.2) is 4.98 Å². The number of thiazole rings is 1. The average molecular weight is 346 g/mol. The number of nitrogens with zero attached hydrogens (tertiary/aromatic N) is 2. The first kappa shape index (κ1) is 16.9. The van der Waals surface area contributed by atoms with Gasteiger partial charge >= 0.3 is 0 Å². The third-order valence-corrected chi connectivity index (χ3v) is 5.12. The highest BCUT2D eigenvalue weighted by Crippen LogP contribution is 2.18. The molecule has 1 amide bonds. The first-order chi connectivity index (χ1) is 11.5. The van der Waals surface area contributed by atoms with Crippen molar-refractivity contribution in [2.24, 2.45) is 5.92 Å². The molecule has 1 saturated heterocycles. The predicted molar refractivity (Wildman–Crippen MR) is 95.8 cm³/mol. The van der Waals surface area contributed by atoms with Crippen molar-refractivity contribution in [3.63, 3.8) is 0 Å². The molecule has 2 aromatic heterocycles. The lowest BCUT2D eigenvalue weighted by Gasteiger charge is -2.23. The van der Waals surface area contributed by atoms with Crippen LogP contribution < -0.4 is 16.2 Å². The minimum atomic E-state index is -0.386. The van der Waals surface area contributed by atoms with E-state index in [0.717, 1.165) is 30.8 Å². The van der Waals surface area contributed by atoms with Crippen molar-refractivity contribution in [3.8, 4) is 0 Å². The van der Waals surface area contributed by atoms with Crippen molar-refractivity contribution < 1.29 is 4.79 Å². The summed E-state index contributed by atoms with van der Waals surface area (Å²) in [5.41, 5.74) is 0.657. The lowest BCUT2D eigenvalue weighted by molar-refractivity contribution is 0.102. The standard InChI is InChI=1S/C17H22N4O2S/c1-11-5-7-21(10-13-4-3-6-18-9-13)16(23)14(11)15(22)20-17-19-8-12(2)24-17/h5,7-8,13,18H,3-4,6,9-10H2,1-2H3,(H,19,20,22). The molecule has 0 radical (unpaired) electrons. The van der Waals surface area contributed by atoms with Gasteiger partial charge in [0.1, 0.15) is 5.56 Å². The second kappa shape index (κ2) is 7.27. The third-order valence-electron chi connectivity index (χ3n) is 4.30. The lowest BCUT2D eigenvalue weighted by atomic mass is 9.99. The number of piperidine rings is 1. The summed E-state index contributed by atoms with van der Waals surface area (Å²) in [6.45, 7) is 6.31. The van der Waals surface area contributed by atoms with E-state index in [2.05, 4.69) is 15.6 Å². The van der Waals surface area contributed by atoms with Crippen LogP contribution in [0.4, 0.5) is 5.13 Å². The number of amides is 1. The Morgan fingerprint density at radius 1 is 1.50 bits per heavy atom. The van der Waals surface area contributed by atoms with Crippen LogP contribution in [-0.4, -0.2) is 28.5 Å². The maximum atomic E-state index is 12.8. The van der Waals surface area contributed by atoms with Crippen LogP contribution in [0.3, 0.4) is 0 Å². The monoisotopic (exact) mass is 346 g/mol. The number of pyridine rings is 1.